The number of carbonyl (C=O) groups excluding carboxylic acids is 2. The molecule has 0 saturated carbocycles. The number of ether oxygens (including phenoxy) is 1. The van der Waals surface area contributed by atoms with Crippen molar-refractivity contribution in [2.45, 2.75) is 26.3 Å². The maximum Gasteiger partial charge on any atom is 0.328 e. The van der Waals surface area contributed by atoms with Crippen LogP contribution < -0.4 is 5.32 Å². The zero-order valence-corrected chi connectivity index (χ0v) is 13.4. The quantitative estimate of drug-likeness (QED) is 0.848. The van der Waals surface area contributed by atoms with Crippen LogP contribution in [0.5, 0.6) is 0 Å². The molecular weight excluding hydrogens is 303 g/mol. The molecule has 0 aliphatic heterocycles. The zero-order valence-electron chi connectivity index (χ0n) is 11.9. The average Bonchev–Trinajstić information content (AvgIpc) is 2.64. The van der Waals surface area contributed by atoms with Gasteiger partial charge in [-0.1, -0.05) is 37.0 Å². The Balaban J connectivity index is 2.90. The Hall–Kier alpha value is -1.20. The molecule has 0 spiro atoms. The van der Waals surface area contributed by atoms with Crippen LogP contribution in [-0.4, -0.2) is 29.6 Å². The van der Waals surface area contributed by atoms with Crippen LogP contribution in [0.25, 0.3) is 0 Å². The lowest BCUT2D eigenvalue weighted by Gasteiger charge is -2.18. The molecule has 1 aromatic heterocycles. The van der Waals surface area contributed by atoms with Crippen LogP contribution in [0, 0.1) is 5.92 Å². The molecule has 0 aliphatic rings. The second-order valence-electron chi connectivity index (χ2n) is 4.91. The number of nitrogens with one attached hydrogen (secondary N) is 1. The van der Waals surface area contributed by atoms with Crippen molar-refractivity contribution in [1.82, 2.24) is 9.88 Å². The van der Waals surface area contributed by atoms with Crippen molar-refractivity contribution >= 4 is 35.1 Å². The number of carbonyl (C=O) groups is 2. The van der Waals surface area contributed by atoms with Gasteiger partial charge >= 0.3 is 5.97 Å². The lowest BCUT2D eigenvalue weighted by atomic mass is 10.0. The van der Waals surface area contributed by atoms with Gasteiger partial charge in [0, 0.05) is 7.05 Å². The molecule has 112 valence electrons. The summed E-state index contributed by atoms with van der Waals surface area (Å²) >= 11 is 11.8. The molecule has 1 atom stereocenters. The van der Waals surface area contributed by atoms with Gasteiger partial charge in [0.1, 0.15) is 16.9 Å². The van der Waals surface area contributed by atoms with Crippen molar-refractivity contribution in [3.05, 3.63) is 21.9 Å². The molecule has 0 aliphatic carbocycles. The SMILES string of the molecule is COC(=O)C(CC(C)C)NC(=O)c1cc(Cl)c(Cl)n1C. The Bertz CT molecular complexity index is 512. The molecule has 0 aromatic carbocycles. The minimum absolute atomic E-state index is 0.236. The van der Waals surface area contributed by atoms with Gasteiger partial charge in [-0.3, -0.25) is 4.79 Å². The van der Waals surface area contributed by atoms with Gasteiger partial charge in [0.25, 0.3) is 5.91 Å². The first-order chi connectivity index (χ1) is 9.27. The van der Waals surface area contributed by atoms with E-state index in [2.05, 4.69) is 5.32 Å². The van der Waals surface area contributed by atoms with Crippen LogP contribution in [0.1, 0.15) is 30.8 Å². The highest BCUT2D eigenvalue weighted by Crippen LogP contribution is 2.25. The van der Waals surface area contributed by atoms with E-state index < -0.39 is 17.9 Å². The van der Waals surface area contributed by atoms with Crippen molar-refractivity contribution in [1.29, 1.82) is 0 Å². The van der Waals surface area contributed by atoms with Gasteiger partial charge in [-0.05, 0) is 18.4 Å². The maximum atomic E-state index is 12.2. The number of rotatable bonds is 5. The highest BCUT2D eigenvalue weighted by atomic mass is 35.5. The van der Waals surface area contributed by atoms with Crippen molar-refractivity contribution < 1.29 is 14.3 Å². The average molecular weight is 321 g/mol. The standard InChI is InChI=1S/C13H18Cl2N2O3/c1-7(2)5-9(13(19)20-4)16-12(18)10-6-8(14)11(15)17(10)3/h6-7,9H,5H2,1-4H3,(H,16,18). The molecule has 0 radical (unpaired) electrons. The van der Waals surface area contributed by atoms with E-state index in [-0.39, 0.29) is 21.8 Å². The Labute approximate surface area is 128 Å². The van der Waals surface area contributed by atoms with Gasteiger partial charge in [-0.15, -0.1) is 0 Å². The van der Waals surface area contributed by atoms with Crippen molar-refractivity contribution in [2.75, 3.05) is 7.11 Å². The van der Waals surface area contributed by atoms with Crippen molar-refractivity contribution in [3.8, 4) is 0 Å². The molecule has 1 unspecified atom stereocenters. The summed E-state index contributed by atoms with van der Waals surface area (Å²) < 4.78 is 6.16. The van der Waals surface area contributed by atoms with E-state index in [1.807, 2.05) is 13.8 Å². The first-order valence-corrected chi connectivity index (χ1v) is 6.92. The monoisotopic (exact) mass is 320 g/mol. The first-order valence-electron chi connectivity index (χ1n) is 6.17. The third-order valence-electron chi connectivity index (χ3n) is 2.85. The van der Waals surface area contributed by atoms with Gasteiger partial charge in [0.05, 0.1) is 12.1 Å². The van der Waals surface area contributed by atoms with Crippen LogP contribution in [-0.2, 0) is 16.6 Å². The van der Waals surface area contributed by atoms with Crippen LogP contribution in [0.4, 0.5) is 0 Å². The number of esters is 1. The van der Waals surface area contributed by atoms with Gasteiger partial charge < -0.3 is 14.6 Å². The topological polar surface area (TPSA) is 60.3 Å². The van der Waals surface area contributed by atoms with E-state index in [4.69, 9.17) is 27.9 Å². The highest BCUT2D eigenvalue weighted by molar-refractivity contribution is 6.41. The third kappa shape index (κ3) is 3.90. The van der Waals surface area contributed by atoms with Crippen LogP contribution in [0.2, 0.25) is 10.2 Å². The lowest BCUT2D eigenvalue weighted by molar-refractivity contribution is -0.143. The summed E-state index contributed by atoms with van der Waals surface area (Å²) in [6.07, 6.45) is 0.490. The van der Waals surface area contributed by atoms with E-state index in [9.17, 15) is 9.59 Å². The number of nitrogens with zero attached hydrogens (tertiary/aromatic N) is 1. The maximum absolute atomic E-state index is 12.2. The minimum Gasteiger partial charge on any atom is -0.467 e. The molecule has 0 bridgehead atoms. The Morgan fingerprint density at radius 3 is 2.40 bits per heavy atom. The fourth-order valence-corrected chi connectivity index (χ4v) is 2.20. The zero-order chi connectivity index (χ0) is 15.4. The predicted molar refractivity (Wildman–Crippen MR) is 78.2 cm³/mol. The third-order valence-corrected chi connectivity index (χ3v) is 3.69. The van der Waals surface area contributed by atoms with Gasteiger partial charge in [-0.25, -0.2) is 4.79 Å². The molecule has 1 heterocycles. The number of amides is 1. The number of halogens is 2. The summed E-state index contributed by atoms with van der Waals surface area (Å²) in [7, 11) is 2.91. The molecule has 1 rings (SSSR count). The Kier molecular flexibility index (Phi) is 5.89. The van der Waals surface area contributed by atoms with E-state index in [1.165, 1.54) is 17.7 Å². The highest BCUT2D eigenvalue weighted by Gasteiger charge is 2.25. The second-order valence-corrected chi connectivity index (χ2v) is 5.67. The van der Waals surface area contributed by atoms with Crippen LogP contribution in [0.3, 0.4) is 0 Å². The summed E-state index contributed by atoms with van der Waals surface area (Å²) in [5, 5.41) is 3.21. The summed E-state index contributed by atoms with van der Waals surface area (Å²) in [5.41, 5.74) is 0.289. The fourth-order valence-electron chi connectivity index (χ4n) is 1.82. The van der Waals surface area contributed by atoms with Gasteiger partial charge in [-0.2, -0.15) is 0 Å². The van der Waals surface area contributed by atoms with E-state index >= 15 is 0 Å². The summed E-state index contributed by atoms with van der Waals surface area (Å²) in [4.78, 5) is 23.9. The first kappa shape index (κ1) is 16.9. The van der Waals surface area contributed by atoms with E-state index in [0.29, 0.717) is 6.42 Å². The summed E-state index contributed by atoms with van der Waals surface area (Å²) in [6.45, 7) is 3.91. The number of hydrogen-bond donors (Lipinski definition) is 1. The van der Waals surface area contributed by atoms with Crippen LogP contribution >= 0.6 is 23.2 Å². The molecule has 1 aromatic rings. The lowest BCUT2D eigenvalue weighted by Crippen LogP contribution is -2.42. The van der Waals surface area contributed by atoms with E-state index in [1.54, 1.807) is 7.05 Å². The van der Waals surface area contributed by atoms with E-state index in [0.717, 1.165) is 0 Å². The molecule has 5 nitrogen and oxygen atoms in total. The minimum atomic E-state index is -0.694. The molecule has 1 amide bonds. The Morgan fingerprint density at radius 2 is 2.00 bits per heavy atom. The summed E-state index contributed by atoms with van der Waals surface area (Å²) in [6, 6.07) is 0.767. The smallest absolute Gasteiger partial charge is 0.328 e. The summed E-state index contributed by atoms with van der Waals surface area (Å²) in [5.74, 6) is -0.657. The van der Waals surface area contributed by atoms with Crippen molar-refractivity contribution in [2.24, 2.45) is 13.0 Å². The Morgan fingerprint density at radius 1 is 1.40 bits per heavy atom. The largest absolute Gasteiger partial charge is 0.467 e. The molecule has 1 N–H and O–H groups in total. The normalized spacial score (nSPS) is 12.3. The van der Waals surface area contributed by atoms with Crippen molar-refractivity contribution in [3.63, 3.8) is 0 Å². The fraction of sp³-hybridized carbons (Fsp3) is 0.538. The number of methoxy groups -OCH3 is 1. The van der Waals surface area contributed by atoms with Crippen LogP contribution in [0.15, 0.2) is 6.07 Å². The van der Waals surface area contributed by atoms with Gasteiger partial charge in [0.15, 0.2) is 0 Å². The number of hydrogen-bond acceptors (Lipinski definition) is 3. The number of aromatic nitrogens is 1. The molecular formula is C13H18Cl2N2O3. The molecule has 0 saturated heterocycles. The molecule has 7 heteroatoms. The molecule has 0 fully saturated rings. The predicted octanol–water partition coefficient (Wildman–Crippen LogP) is 2.65. The van der Waals surface area contributed by atoms with Gasteiger partial charge in [0.2, 0.25) is 0 Å². The second kappa shape index (κ2) is 6.99. The molecule has 20 heavy (non-hydrogen) atoms.